The molecule has 36 heavy (non-hydrogen) atoms. The molecule has 1 heterocycles. The molecule has 0 aliphatic heterocycles. The van der Waals surface area contributed by atoms with Crippen LogP contribution >= 0.6 is 22.9 Å². The van der Waals surface area contributed by atoms with E-state index >= 15 is 0 Å². The lowest BCUT2D eigenvalue weighted by Crippen LogP contribution is -2.09. The smallest absolute Gasteiger partial charge is 0.211 e. The lowest BCUT2D eigenvalue weighted by atomic mass is 10.1. The Hall–Kier alpha value is -3.33. The molecular formula is C27H25ClN2O4S2. The highest BCUT2D eigenvalue weighted by molar-refractivity contribution is 7.92. The molecule has 3 N–H and O–H groups in total. The summed E-state index contributed by atoms with van der Waals surface area (Å²) in [5, 5.41) is 4.03. The third kappa shape index (κ3) is 4.84. The molecule has 6 nitrogen and oxygen atoms in total. The van der Waals surface area contributed by atoms with Gasteiger partial charge in [0.15, 0.2) is 0 Å². The van der Waals surface area contributed by atoms with Crippen molar-refractivity contribution in [3.8, 4) is 5.75 Å². The van der Waals surface area contributed by atoms with Gasteiger partial charge < -0.3 is 15.8 Å². The molecule has 186 valence electrons. The summed E-state index contributed by atoms with van der Waals surface area (Å²) in [6, 6.07) is 16.4. The highest BCUT2D eigenvalue weighted by atomic mass is 35.5. The van der Waals surface area contributed by atoms with Gasteiger partial charge in [-0.25, -0.2) is 8.42 Å². The van der Waals surface area contributed by atoms with Crippen molar-refractivity contribution in [1.82, 2.24) is 0 Å². The molecule has 3 aromatic carbocycles. The van der Waals surface area contributed by atoms with E-state index in [1.165, 1.54) is 19.2 Å². The Morgan fingerprint density at radius 1 is 0.972 bits per heavy atom. The number of ketones is 1. The maximum Gasteiger partial charge on any atom is 0.211 e. The third-order valence-corrected chi connectivity index (χ3v) is 9.12. The zero-order valence-electron chi connectivity index (χ0n) is 20.2. The Morgan fingerprint density at radius 3 is 2.11 bits per heavy atom. The van der Waals surface area contributed by atoms with Crippen molar-refractivity contribution in [2.75, 3.05) is 18.2 Å². The fraction of sp³-hybridized carbons (Fsp3) is 0.148. The van der Waals surface area contributed by atoms with Crippen LogP contribution in [0.4, 0.5) is 16.4 Å². The predicted octanol–water partition coefficient (Wildman–Crippen LogP) is 6.72. The molecule has 0 bridgehead atoms. The number of carbonyl (C=O) groups excluding carboxylic acids is 1. The van der Waals surface area contributed by atoms with E-state index < -0.39 is 9.84 Å². The number of nitrogens with one attached hydrogen (secondary N) is 1. The molecule has 0 saturated heterocycles. The van der Waals surface area contributed by atoms with Crippen molar-refractivity contribution < 1.29 is 17.9 Å². The average Bonchev–Trinajstić information content (AvgIpc) is 3.17. The van der Waals surface area contributed by atoms with E-state index in [0.717, 1.165) is 33.7 Å². The van der Waals surface area contributed by atoms with Gasteiger partial charge in [-0.15, -0.1) is 11.3 Å². The van der Waals surface area contributed by atoms with Crippen molar-refractivity contribution in [2.45, 2.75) is 30.6 Å². The summed E-state index contributed by atoms with van der Waals surface area (Å²) in [7, 11) is -2.58. The first-order valence-corrected chi connectivity index (χ1v) is 13.7. The van der Waals surface area contributed by atoms with Crippen LogP contribution in [0.1, 0.15) is 31.9 Å². The molecule has 0 fully saturated rings. The van der Waals surface area contributed by atoms with E-state index in [1.807, 2.05) is 32.9 Å². The van der Waals surface area contributed by atoms with Crippen LogP contribution in [0.25, 0.3) is 0 Å². The van der Waals surface area contributed by atoms with Gasteiger partial charge >= 0.3 is 0 Å². The number of rotatable bonds is 7. The quantitative estimate of drug-likeness (QED) is 0.252. The van der Waals surface area contributed by atoms with E-state index in [9.17, 15) is 13.2 Å². The maximum atomic E-state index is 13.8. The van der Waals surface area contributed by atoms with Gasteiger partial charge in [-0.1, -0.05) is 29.3 Å². The second kappa shape index (κ2) is 9.97. The Balaban J connectivity index is 1.91. The molecule has 0 aliphatic rings. The van der Waals surface area contributed by atoms with Crippen molar-refractivity contribution in [1.29, 1.82) is 0 Å². The lowest BCUT2D eigenvalue weighted by molar-refractivity contribution is 0.104. The minimum Gasteiger partial charge on any atom is -0.497 e. The van der Waals surface area contributed by atoms with Crippen LogP contribution in [0.5, 0.6) is 5.75 Å². The summed E-state index contributed by atoms with van der Waals surface area (Å²) < 4.78 is 32.8. The van der Waals surface area contributed by atoms with E-state index in [4.69, 9.17) is 22.1 Å². The highest BCUT2D eigenvalue weighted by Gasteiger charge is 2.32. The van der Waals surface area contributed by atoms with E-state index in [-0.39, 0.29) is 31.1 Å². The van der Waals surface area contributed by atoms with Gasteiger partial charge in [0.2, 0.25) is 15.6 Å². The number of anilines is 3. The molecule has 1 aromatic heterocycles. The van der Waals surface area contributed by atoms with Crippen molar-refractivity contribution in [3.63, 3.8) is 0 Å². The largest absolute Gasteiger partial charge is 0.497 e. The van der Waals surface area contributed by atoms with Crippen LogP contribution in [0.15, 0.2) is 70.5 Å². The van der Waals surface area contributed by atoms with Gasteiger partial charge in [-0.2, -0.15) is 0 Å². The number of carbonyl (C=O) groups is 1. The van der Waals surface area contributed by atoms with Crippen LogP contribution in [0.2, 0.25) is 5.02 Å². The first-order valence-electron chi connectivity index (χ1n) is 11.0. The number of methoxy groups -OCH3 is 1. The Morgan fingerprint density at radius 2 is 1.56 bits per heavy atom. The Kier molecular flexibility index (Phi) is 7.13. The number of hydrogen-bond donors (Lipinski definition) is 2. The number of nitrogen functional groups attached to an aromatic ring is 1. The summed E-state index contributed by atoms with van der Waals surface area (Å²) in [4.78, 5) is 13.4. The lowest BCUT2D eigenvalue weighted by Gasteiger charge is -2.15. The van der Waals surface area contributed by atoms with Crippen LogP contribution in [-0.2, 0) is 9.84 Å². The van der Waals surface area contributed by atoms with E-state index in [1.54, 1.807) is 36.4 Å². The predicted molar refractivity (Wildman–Crippen MR) is 146 cm³/mol. The summed E-state index contributed by atoms with van der Waals surface area (Å²) in [5.74, 6) is 0.140. The first kappa shape index (κ1) is 25.8. The first-order chi connectivity index (χ1) is 17.0. The summed E-state index contributed by atoms with van der Waals surface area (Å²) in [6.07, 6.45) is 0. The fourth-order valence-electron chi connectivity index (χ4n) is 4.04. The number of aryl methyl sites for hydroxylation is 3. The second-order valence-corrected chi connectivity index (χ2v) is 11.8. The second-order valence-electron chi connectivity index (χ2n) is 8.42. The minimum atomic E-state index is -4.09. The zero-order chi connectivity index (χ0) is 26.2. The molecule has 0 aliphatic carbocycles. The normalized spacial score (nSPS) is 11.4. The van der Waals surface area contributed by atoms with Crippen LogP contribution in [0.3, 0.4) is 0 Å². The monoisotopic (exact) mass is 540 g/mol. The van der Waals surface area contributed by atoms with Gasteiger partial charge in [0, 0.05) is 16.3 Å². The molecule has 0 amide bonds. The number of ether oxygens (including phenoxy) is 1. The van der Waals surface area contributed by atoms with Gasteiger partial charge in [0.1, 0.15) is 20.5 Å². The number of thiophene rings is 1. The molecular weight excluding hydrogens is 516 g/mol. The summed E-state index contributed by atoms with van der Waals surface area (Å²) in [6.45, 7) is 5.88. The molecule has 4 aromatic rings. The highest BCUT2D eigenvalue weighted by Crippen LogP contribution is 2.45. The maximum absolute atomic E-state index is 13.8. The van der Waals surface area contributed by atoms with Gasteiger partial charge in [-0.05, 0) is 80.4 Å². The summed E-state index contributed by atoms with van der Waals surface area (Å²) in [5.41, 5.74) is 10.4. The molecule has 0 radical (unpaired) electrons. The summed E-state index contributed by atoms with van der Waals surface area (Å²) >= 11 is 6.99. The van der Waals surface area contributed by atoms with Crippen molar-refractivity contribution in [2.24, 2.45) is 0 Å². The molecule has 0 spiro atoms. The van der Waals surface area contributed by atoms with Crippen LogP contribution < -0.4 is 15.8 Å². The van der Waals surface area contributed by atoms with Crippen LogP contribution in [-0.4, -0.2) is 21.3 Å². The standard InChI is InChI=1S/C27H25ClN2O4S2/c1-15-13-16(2)23(17(3)14-15)30-27-26(36(32,33)21-11-9-20(34-4)10-12-21)22(29)25(35-27)24(31)18-5-7-19(28)8-6-18/h5-14,30H,29H2,1-4H3. The number of nitrogens with two attached hydrogens (primary N) is 1. The van der Waals surface area contributed by atoms with Crippen molar-refractivity contribution in [3.05, 3.63) is 92.8 Å². The third-order valence-electron chi connectivity index (χ3n) is 5.77. The van der Waals surface area contributed by atoms with Gasteiger partial charge in [0.05, 0.1) is 17.7 Å². The SMILES string of the molecule is COc1ccc(S(=O)(=O)c2c(Nc3c(C)cc(C)cc3C)sc(C(=O)c3ccc(Cl)cc3)c2N)cc1. The number of halogens is 1. The van der Waals surface area contributed by atoms with Gasteiger partial charge in [-0.3, -0.25) is 4.79 Å². The number of sulfone groups is 1. The van der Waals surface area contributed by atoms with E-state index in [2.05, 4.69) is 5.32 Å². The number of hydrogen-bond acceptors (Lipinski definition) is 7. The zero-order valence-corrected chi connectivity index (χ0v) is 22.6. The molecule has 4 rings (SSSR count). The average molecular weight is 541 g/mol. The fourth-order valence-corrected chi connectivity index (χ4v) is 7.09. The molecule has 9 heteroatoms. The topological polar surface area (TPSA) is 98.5 Å². The van der Waals surface area contributed by atoms with Crippen LogP contribution in [0, 0.1) is 20.8 Å². The molecule has 0 atom stereocenters. The minimum absolute atomic E-state index is 0.0405. The molecule has 0 saturated carbocycles. The Labute approximate surface area is 219 Å². The Bertz CT molecular complexity index is 1540. The van der Waals surface area contributed by atoms with E-state index in [0.29, 0.717) is 16.3 Å². The van der Waals surface area contributed by atoms with Gasteiger partial charge in [0.25, 0.3) is 0 Å². The van der Waals surface area contributed by atoms with Crippen molar-refractivity contribution >= 4 is 54.9 Å². The number of benzene rings is 3. The molecule has 0 unspecified atom stereocenters.